The fraction of sp³-hybridized carbons (Fsp3) is 0.545. The molecule has 8 nitrogen and oxygen atoms in total. The van der Waals surface area contributed by atoms with Crippen molar-refractivity contribution in [3.8, 4) is 0 Å². The molecule has 0 aromatic heterocycles. The standard InChI is InChI=1S/C11H20N6O2S2.Cu/c1-7(14-16-10(20)12-3)8(2)15-17-11(21)13-6-4-5-9(18)19;/h4-6H2,1-3H3,(H,18,19)(H2,12,16,20)(H2,13,17,21);/q;+2/p-2/b14-7+,15-8+;. The number of nitrogens with zero attached hydrogens (tertiary/aromatic N) is 4. The Balaban J connectivity index is 0. The van der Waals surface area contributed by atoms with Gasteiger partial charge >= 0.3 is 23.0 Å². The van der Waals surface area contributed by atoms with E-state index in [1.54, 1.807) is 20.9 Å². The molecular weight excluding hydrogens is 376 g/mol. The van der Waals surface area contributed by atoms with E-state index in [0.29, 0.717) is 24.4 Å². The van der Waals surface area contributed by atoms with Crippen molar-refractivity contribution in [2.75, 3.05) is 13.6 Å². The van der Waals surface area contributed by atoms with Gasteiger partial charge in [0.05, 0.1) is 11.4 Å². The van der Waals surface area contributed by atoms with Crippen molar-refractivity contribution >= 4 is 53.0 Å². The first kappa shape index (κ1) is 23.0. The summed E-state index contributed by atoms with van der Waals surface area (Å²) in [5, 5.41) is 29.7. The molecule has 1 radical (unpaired) electrons. The van der Waals surface area contributed by atoms with Gasteiger partial charge in [0.1, 0.15) is 0 Å². The molecule has 0 spiro atoms. The van der Waals surface area contributed by atoms with E-state index in [0.717, 1.165) is 0 Å². The number of amidine groups is 2. The van der Waals surface area contributed by atoms with Gasteiger partial charge in [-0.2, -0.15) is 20.4 Å². The summed E-state index contributed by atoms with van der Waals surface area (Å²) >= 11 is 9.76. The summed E-state index contributed by atoms with van der Waals surface area (Å²) in [5.74, 6) is -0.844. The largest absolute Gasteiger partial charge is 2.00 e. The van der Waals surface area contributed by atoms with Crippen molar-refractivity contribution in [3.63, 3.8) is 0 Å². The summed E-state index contributed by atoms with van der Waals surface area (Å²) in [7, 11) is 1.65. The van der Waals surface area contributed by atoms with Crippen LogP contribution in [0.15, 0.2) is 20.4 Å². The zero-order valence-electron chi connectivity index (χ0n) is 12.4. The summed E-state index contributed by atoms with van der Waals surface area (Å²) in [6.45, 7) is 3.87. The van der Waals surface area contributed by atoms with E-state index in [4.69, 9.17) is 30.4 Å². The molecule has 0 aromatic carbocycles. The third-order valence-electron chi connectivity index (χ3n) is 2.16. The topological polar surface area (TPSA) is 111 Å². The van der Waals surface area contributed by atoms with E-state index in [1.165, 1.54) is 0 Å². The Morgan fingerprint density at radius 2 is 1.55 bits per heavy atom. The second kappa shape index (κ2) is 13.4. The number of carboxylic acids is 1. The summed E-state index contributed by atoms with van der Waals surface area (Å²) in [5.41, 5.74) is 1.11. The van der Waals surface area contributed by atoms with Crippen LogP contribution in [0.25, 0.3) is 0 Å². The zero-order valence-corrected chi connectivity index (χ0v) is 15.0. The van der Waals surface area contributed by atoms with E-state index in [9.17, 15) is 4.79 Å². The van der Waals surface area contributed by atoms with E-state index < -0.39 is 5.97 Å². The average molecular weight is 394 g/mol. The van der Waals surface area contributed by atoms with Gasteiger partial charge in [-0.25, -0.2) is 0 Å². The molecule has 0 rings (SSSR count). The summed E-state index contributed by atoms with van der Waals surface area (Å²) in [4.78, 5) is 10.3. The number of hydrogen-bond donors (Lipinski definition) is 3. The molecule has 0 aliphatic heterocycles. The quantitative estimate of drug-likeness (QED) is 0.142. The van der Waals surface area contributed by atoms with Crippen LogP contribution in [0, 0.1) is 0 Å². The fourth-order valence-electron chi connectivity index (χ4n) is 0.906. The maximum atomic E-state index is 10.3. The van der Waals surface area contributed by atoms with E-state index >= 15 is 0 Å². The van der Waals surface area contributed by atoms with Crippen molar-refractivity contribution in [1.82, 2.24) is 10.6 Å². The maximum Gasteiger partial charge on any atom is 2.00 e. The van der Waals surface area contributed by atoms with Gasteiger partial charge in [-0.3, -0.25) is 4.79 Å². The molecule has 0 heterocycles. The Hall–Kier alpha value is -1.29. The van der Waals surface area contributed by atoms with Gasteiger partial charge in [0, 0.05) is 20.0 Å². The number of carboxylic acid groups (broad SMARTS) is 1. The molecule has 0 aromatic rings. The Morgan fingerprint density at radius 3 is 2.00 bits per heavy atom. The first-order chi connectivity index (χ1) is 9.86. The number of rotatable bonds is 7. The van der Waals surface area contributed by atoms with Gasteiger partial charge in [-0.05, 0) is 30.6 Å². The smallest absolute Gasteiger partial charge is 0.741 e. The van der Waals surface area contributed by atoms with Crippen LogP contribution >= 0.6 is 0 Å². The summed E-state index contributed by atoms with van der Waals surface area (Å²) < 4.78 is 0. The van der Waals surface area contributed by atoms with Crippen LogP contribution in [0.3, 0.4) is 0 Å². The zero-order chi connectivity index (χ0) is 16.3. The van der Waals surface area contributed by atoms with Crippen molar-refractivity contribution in [2.24, 2.45) is 20.4 Å². The second-order valence-corrected chi connectivity index (χ2v) is 4.63. The molecule has 0 aliphatic rings. The molecular formula is C11H18CuN6O2S2. The predicted octanol–water partition coefficient (Wildman–Crippen LogP) is 0.215. The first-order valence-electron chi connectivity index (χ1n) is 6.09. The van der Waals surface area contributed by atoms with Gasteiger partial charge in [0.25, 0.3) is 0 Å². The number of nitrogens with one attached hydrogen (secondary N) is 2. The molecule has 0 atom stereocenters. The molecule has 0 saturated heterocycles. The van der Waals surface area contributed by atoms with Gasteiger partial charge in [0.2, 0.25) is 0 Å². The van der Waals surface area contributed by atoms with Crippen LogP contribution in [0.4, 0.5) is 0 Å². The number of hydrogen-bond acceptors (Lipinski definition) is 7. The van der Waals surface area contributed by atoms with E-state index in [-0.39, 0.29) is 33.8 Å². The van der Waals surface area contributed by atoms with Crippen LogP contribution in [-0.4, -0.2) is 46.4 Å². The molecule has 0 bridgehead atoms. The molecule has 0 fully saturated rings. The minimum atomic E-state index is -0.844. The number of carbonyl (C=O) groups is 1. The third-order valence-corrected chi connectivity index (χ3v) is 2.67. The summed E-state index contributed by atoms with van der Waals surface area (Å²) in [6.07, 6.45) is 0.547. The minimum Gasteiger partial charge on any atom is -0.741 e. The van der Waals surface area contributed by atoms with Gasteiger partial charge in [-0.15, -0.1) is 0 Å². The van der Waals surface area contributed by atoms with Crippen molar-refractivity contribution < 1.29 is 27.0 Å². The number of aliphatic carboxylic acids is 1. The molecule has 11 heteroatoms. The van der Waals surface area contributed by atoms with Crippen molar-refractivity contribution in [2.45, 2.75) is 26.7 Å². The maximum absolute atomic E-state index is 10.3. The molecule has 0 aliphatic carbocycles. The predicted molar refractivity (Wildman–Crippen MR) is 89.8 cm³/mol. The fourth-order valence-corrected chi connectivity index (χ4v) is 1.09. The second-order valence-electron chi connectivity index (χ2n) is 3.86. The Labute approximate surface area is 151 Å². The average Bonchev–Trinajstić information content (AvgIpc) is 2.45. The van der Waals surface area contributed by atoms with Crippen LogP contribution < -0.4 is 10.6 Å². The molecule has 3 N–H and O–H groups in total. The summed E-state index contributed by atoms with van der Waals surface area (Å²) in [6, 6.07) is 0. The van der Waals surface area contributed by atoms with Crippen molar-refractivity contribution in [1.29, 1.82) is 0 Å². The first-order valence-corrected chi connectivity index (χ1v) is 6.90. The monoisotopic (exact) mass is 393 g/mol. The minimum absolute atomic E-state index is 0. The van der Waals surface area contributed by atoms with Gasteiger partial charge < -0.3 is 41.0 Å². The molecule has 127 valence electrons. The third kappa shape index (κ3) is 12.5. The SMILES string of the molecule is CN/C([S-])=N/N=C(C)/C(C)=N/N=C(\[S-])NCCCC(=O)O.[Cu+2]. The molecule has 0 amide bonds. The van der Waals surface area contributed by atoms with Crippen molar-refractivity contribution in [3.05, 3.63) is 0 Å². The molecule has 0 saturated carbocycles. The molecule has 22 heavy (non-hydrogen) atoms. The normalized spacial score (nSPS) is 13.4. The van der Waals surface area contributed by atoms with Crippen LogP contribution in [0.1, 0.15) is 26.7 Å². The van der Waals surface area contributed by atoms with E-state index in [2.05, 4.69) is 31.0 Å². The van der Waals surface area contributed by atoms with Gasteiger partial charge in [0.15, 0.2) is 0 Å². The molecule has 0 unspecified atom stereocenters. The van der Waals surface area contributed by atoms with Crippen LogP contribution in [-0.2, 0) is 47.1 Å². The van der Waals surface area contributed by atoms with Crippen LogP contribution in [0.2, 0.25) is 0 Å². The van der Waals surface area contributed by atoms with Gasteiger partial charge in [-0.1, -0.05) is 0 Å². The Morgan fingerprint density at radius 1 is 1.05 bits per heavy atom. The van der Waals surface area contributed by atoms with Crippen LogP contribution in [0.5, 0.6) is 0 Å². The Bertz CT molecular complexity index is 479. The Kier molecular flexibility index (Phi) is 14.0. The van der Waals surface area contributed by atoms with E-state index in [1.807, 2.05) is 0 Å².